The molecule has 9 heteroatoms. The van der Waals surface area contributed by atoms with Gasteiger partial charge in [0, 0.05) is 24.8 Å². The summed E-state index contributed by atoms with van der Waals surface area (Å²) in [6.45, 7) is 2.68. The van der Waals surface area contributed by atoms with Crippen LogP contribution in [0.1, 0.15) is 30.1 Å². The van der Waals surface area contributed by atoms with Crippen LogP contribution in [0.15, 0.2) is 29.2 Å². The lowest BCUT2D eigenvalue weighted by Gasteiger charge is -2.42. The molecule has 1 aliphatic carbocycles. The van der Waals surface area contributed by atoms with E-state index in [1.165, 1.54) is 31.4 Å². The third-order valence-electron chi connectivity index (χ3n) is 4.74. The molecule has 1 aromatic carbocycles. The van der Waals surface area contributed by atoms with Crippen LogP contribution >= 0.6 is 0 Å². The summed E-state index contributed by atoms with van der Waals surface area (Å²) in [5.41, 5.74) is 0.391. The lowest BCUT2D eigenvalue weighted by Crippen LogP contribution is -2.54. The van der Waals surface area contributed by atoms with Gasteiger partial charge in [-0.15, -0.1) is 0 Å². The van der Waals surface area contributed by atoms with E-state index in [9.17, 15) is 18.0 Å². The van der Waals surface area contributed by atoms with Crippen LogP contribution in [-0.2, 0) is 19.4 Å². The molecule has 1 aliphatic rings. The summed E-state index contributed by atoms with van der Waals surface area (Å²) in [6.07, 6.45) is 1.41. The van der Waals surface area contributed by atoms with Gasteiger partial charge >= 0.3 is 5.97 Å². The van der Waals surface area contributed by atoms with E-state index < -0.39 is 15.8 Å². The SMILES string of the molecule is CCN(CC(=O)O)C1CC(NC(=O)c2ccc(S(=O)(=O)CCOC)cc2)C1. The number of hydrogen-bond donors (Lipinski definition) is 2. The number of nitrogens with one attached hydrogen (secondary N) is 1. The lowest BCUT2D eigenvalue weighted by molar-refractivity contribution is -0.139. The monoisotopic (exact) mass is 398 g/mol. The van der Waals surface area contributed by atoms with Gasteiger partial charge in [-0.05, 0) is 43.7 Å². The molecule has 0 unspecified atom stereocenters. The van der Waals surface area contributed by atoms with Gasteiger partial charge in [0.1, 0.15) is 0 Å². The topological polar surface area (TPSA) is 113 Å². The summed E-state index contributed by atoms with van der Waals surface area (Å²) in [6, 6.07) is 5.99. The van der Waals surface area contributed by atoms with Crippen molar-refractivity contribution in [2.75, 3.05) is 32.6 Å². The van der Waals surface area contributed by atoms with Crippen molar-refractivity contribution in [3.8, 4) is 0 Å². The first-order valence-corrected chi connectivity index (χ1v) is 10.5. The number of ether oxygens (including phenoxy) is 1. The van der Waals surface area contributed by atoms with Gasteiger partial charge in [0.15, 0.2) is 9.84 Å². The van der Waals surface area contributed by atoms with Gasteiger partial charge in [-0.3, -0.25) is 14.5 Å². The molecule has 2 N–H and O–H groups in total. The zero-order valence-electron chi connectivity index (χ0n) is 15.6. The fraction of sp³-hybridized carbons (Fsp3) is 0.556. The summed E-state index contributed by atoms with van der Waals surface area (Å²) in [7, 11) is -1.98. The summed E-state index contributed by atoms with van der Waals surface area (Å²) in [5, 5.41) is 11.8. The molecule has 0 spiro atoms. The molecule has 0 heterocycles. The Hall–Kier alpha value is -1.97. The zero-order chi connectivity index (χ0) is 20.0. The number of carbonyl (C=O) groups is 2. The molecule has 0 saturated heterocycles. The van der Waals surface area contributed by atoms with Crippen molar-refractivity contribution in [1.82, 2.24) is 10.2 Å². The van der Waals surface area contributed by atoms with Gasteiger partial charge in [0.25, 0.3) is 5.91 Å². The minimum absolute atomic E-state index is 0.000834. The maximum Gasteiger partial charge on any atom is 0.317 e. The molecule has 1 fully saturated rings. The minimum Gasteiger partial charge on any atom is -0.480 e. The van der Waals surface area contributed by atoms with E-state index in [1.807, 2.05) is 11.8 Å². The number of benzene rings is 1. The van der Waals surface area contributed by atoms with Crippen molar-refractivity contribution >= 4 is 21.7 Å². The highest BCUT2D eigenvalue weighted by Crippen LogP contribution is 2.26. The molecule has 1 saturated carbocycles. The molecule has 150 valence electrons. The minimum atomic E-state index is -3.42. The second-order valence-corrected chi connectivity index (χ2v) is 8.70. The molecule has 27 heavy (non-hydrogen) atoms. The van der Waals surface area contributed by atoms with Crippen molar-refractivity contribution in [3.63, 3.8) is 0 Å². The van der Waals surface area contributed by atoms with Crippen LogP contribution in [0.4, 0.5) is 0 Å². The average Bonchev–Trinajstić information content (AvgIpc) is 2.60. The number of amides is 1. The lowest BCUT2D eigenvalue weighted by atomic mass is 9.85. The number of rotatable bonds is 10. The highest BCUT2D eigenvalue weighted by molar-refractivity contribution is 7.91. The summed E-state index contributed by atoms with van der Waals surface area (Å²) in [4.78, 5) is 25.2. The van der Waals surface area contributed by atoms with Crippen molar-refractivity contribution in [3.05, 3.63) is 29.8 Å². The van der Waals surface area contributed by atoms with Crippen LogP contribution in [0.2, 0.25) is 0 Å². The van der Waals surface area contributed by atoms with E-state index in [1.54, 1.807) is 0 Å². The van der Waals surface area contributed by atoms with Gasteiger partial charge in [0.2, 0.25) is 0 Å². The zero-order valence-corrected chi connectivity index (χ0v) is 16.4. The van der Waals surface area contributed by atoms with Gasteiger partial charge in [-0.2, -0.15) is 0 Å². The second-order valence-electron chi connectivity index (χ2n) is 6.59. The van der Waals surface area contributed by atoms with Crippen LogP contribution in [0, 0.1) is 0 Å². The van der Waals surface area contributed by atoms with E-state index in [-0.39, 0.29) is 41.8 Å². The van der Waals surface area contributed by atoms with Gasteiger partial charge in [-0.25, -0.2) is 8.42 Å². The highest BCUT2D eigenvalue weighted by atomic mass is 32.2. The second kappa shape index (κ2) is 9.29. The number of hydrogen-bond acceptors (Lipinski definition) is 6. The smallest absolute Gasteiger partial charge is 0.317 e. The molecule has 1 aromatic rings. The largest absolute Gasteiger partial charge is 0.480 e. The van der Waals surface area contributed by atoms with Crippen molar-refractivity contribution < 1.29 is 27.9 Å². The summed E-state index contributed by atoms with van der Waals surface area (Å²) < 4.78 is 29.0. The predicted octanol–water partition coefficient (Wildman–Crippen LogP) is 0.774. The fourth-order valence-electron chi connectivity index (χ4n) is 3.07. The molecule has 0 radical (unpaired) electrons. The number of likely N-dealkylation sites (N-methyl/N-ethyl adjacent to an activating group) is 1. The quantitative estimate of drug-likeness (QED) is 0.599. The Balaban J connectivity index is 1.88. The number of nitrogens with zero attached hydrogens (tertiary/aromatic N) is 1. The number of aliphatic carboxylic acids is 1. The van der Waals surface area contributed by atoms with Crippen LogP contribution in [0.25, 0.3) is 0 Å². The first-order chi connectivity index (χ1) is 12.8. The Labute approximate surface area is 159 Å². The molecule has 1 amide bonds. The first-order valence-electron chi connectivity index (χ1n) is 8.85. The first kappa shape index (κ1) is 21.3. The Morgan fingerprint density at radius 1 is 1.26 bits per heavy atom. The van der Waals surface area contributed by atoms with E-state index in [2.05, 4.69) is 5.32 Å². The summed E-state index contributed by atoms with van der Waals surface area (Å²) in [5.74, 6) is -1.23. The van der Waals surface area contributed by atoms with E-state index in [0.717, 1.165) is 0 Å². The number of methoxy groups -OCH3 is 1. The van der Waals surface area contributed by atoms with Gasteiger partial charge in [-0.1, -0.05) is 6.92 Å². The number of carboxylic acid groups (broad SMARTS) is 1. The third kappa shape index (κ3) is 5.75. The number of sulfone groups is 1. The maximum atomic E-state index is 12.3. The van der Waals surface area contributed by atoms with Crippen molar-refractivity contribution in [2.24, 2.45) is 0 Å². The van der Waals surface area contributed by atoms with Crippen LogP contribution in [0.3, 0.4) is 0 Å². The van der Waals surface area contributed by atoms with E-state index in [0.29, 0.717) is 24.9 Å². The third-order valence-corrected chi connectivity index (χ3v) is 6.44. The molecule has 0 aromatic heterocycles. The molecular formula is C18H26N2O6S. The van der Waals surface area contributed by atoms with Gasteiger partial charge < -0.3 is 15.2 Å². The molecular weight excluding hydrogens is 372 g/mol. The standard InChI is InChI=1S/C18H26N2O6S/c1-3-20(12-17(21)22)15-10-14(11-15)19-18(23)13-4-6-16(7-5-13)27(24,25)9-8-26-2/h4-7,14-15H,3,8-12H2,1-2H3,(H,19,23)(H,21,22). The number of carbonyl (C=O) groups excluding carboxylic acids is 1. The Morgan fingerprint density at radius 2 is 1.89 bits per heavy atom. The van der Waals surface area contributed by atoms with Gasteiger partial charge in [0.05, 0.1) is 23.8 Å². The Bertz CT molecular complexity index is 757. The predicted molar refractivity (Wildman–Crippen MR) is 99.5 cm³/mol. The molecule has 2 rings (SSSR count). The van der Waals surface area contributed by atoms with E-state index >= 15 is 0 Å². The summed E-state index contributed by atoms with van der Waals surface area (Å²) >= 11 is 0. The molecule has 8 nitrogen and oxygen atoms in total. The number of carboxylic acids is 1. The Kier molecular flexibility index (Phi) is 7.34. The van der Waals surface area contributed by atoms with Crippen molar-refractivity contribution in [1.29, 1.82) is 0 Å². The fourth-order valence-corrected chi connectivity index (χ4v) is 4.24. The average molecular weight is 398 g/mol. The maximum absolute atomic E-state index is 12.3. The normalized spacial score (nSPS) is 19.5. The van der Waals surface area contributed by atoms with Crippen molar-refractivity contribution in [2.45, 2.75) is 36.7 Å². The molecule has 0 atom stereocenters. The Morgan fingerprint density at radius 3 is 2.41 bits per heavy atom. The van der Waals surface area contributed by atoms with Crippen LogP contribution in [0.5, 0.6) is 0 Å². The molecule has 0 aliphatic heterocycles. The van der Waals surface area contributed by atoms with Crippen LogP contribution < -0.4 is 5.32 Å². The molecule has 0 bridgehead atoms. The van der Waals surface area contributed by atoms with Crippen LogP contribution in [-0.4, -0.2) is 74.9 Å². The highest BCUT2D eigenvalue weighted by Gasteiger charge is 2.34. The van der Waals surface area contributed by atoms with E-state index in [4.69, 9.17) is 9.84 Å².